The Bertz CT molecular complexity index is 1090. The minimum absolute atomic E-state index is 0.210. The summed E-state index contributed by atoms with van der Waals surface area (Å²) in [4.78, 5) is 12.4. The number of nitrogens with one attached hydrogen (secondary N) is 2. The van der Waals surface area contributed by atoms with E-state index in [1.165, 1.54) is 4.31 Å². The molecule has 9 nitrogen and oxygen atoms in total. The Morgan fingerprint density at radius 1 is 0.968 bits per heavy atom. The maximum Gasteiger partial charge on any atom is 0.315 e. The molecular formula is C21H26N6O3S. The molecule has 0 unspecified atom stereocenters. The van der Waals surface area contributed by atoms with Crippen molar-refractivity contribution >= 4 is 16.1 Å². The average Bonchev–Trinajstić information content (AvgIpc) is 3.26. The van der Waals surface area contributed by atoms with Gasteiger partial charge < -0.3 is 10.6 Å². The number of para-hydroxylation sites is 1. The second kappa shape index (κ2) is 10.2. The van der Waals surface area contributed by atoms with Crippen LogP contribution in [0.15, 0.2) is 65.8 Å². The summed E-state index contributed by atoms with van der Waals surface area (Å²) < 4.78 is 28.3. The summed E-state index contributed by atoms with van der Waals surface area (Å²) in [5.74, 6) is 0.604. The van der Waals surface area contributed by atoms with Crippen molar-refractivity contribution in [3.05, 3.63) is 72.3 Å². The monoisotopic (exact) mass is 442 g/mol. The molecule has 2 amide bonds. The van der Waals surface area contributed by atoms with E-state index in [4.69, 9.17) is 0 Å². The molecule has 10 heteroatoms. The van der Waals surface area contributed by atoms with Gasteiger partial charge in [-0.1, -0.05) is 44.2 Å². The molecule has 0 bridgehead atoms. The molecule has 0 atom stereocenters. The van der Waals surface area contributed by atoms with Crippen molar-refractivity contribution in [2.75, 3.05) is 13.1 Å². The lowest BCUT2D eigenvalue weighted by Crippen LogP contribution is -2.35. The van der Waals surface area contributed by atoms with E-state index in [1.54, 1.807) is 49.0 Å². The fourth-order valence-electron chi connectivity index (χ4n) is 3.08. The molecule has 164 valence electrons. The Labute approximate surface area is 182 Å². The quantitative estimate of drug-likeness (QED) is 0.528. The average molecular weight is 443 g/mol. The molecule has 2 aromatic carbocycles. The summed E-state index contributed by atoms with van der Waals surface area (Å²) in [6.07, 6.45) is 1.60. The summed E-state index contributed by atoms with van der Waals surface area (Å²) >= 11 is 0. The highest BCUT2D eigenvalue weighted by Gasteiger charge is 2.21. The molecule has 31 heavy (non-hydrogen) atoms. The molecule has 0 spiro atoms. The van der Waals surface area contributed by atoms with E-state index in [-0.39, 0.29) is 24.0 Å². The minimum Gasteiger partial charge on any atom is -0.334 e. The third kappa shape index (κ3) is 5.47. The molecule has 0 fully saturated rings. The topological polar surface area (TPSA) is 109 Å². The predicted molar refractivity (Wildman–Crippen MR) is 117 cm³/mol. The molecule has 1 aromatic heterocycles. The number of amides is 2. The Balaban J connectivity index is 1.54. The largest absolute Gasteiger partial charge is 0.334 e. The summed E-state index contributed by atoms with van der Waals surface area (Å²) in [5, 5.41) is 13.5. The van der Waals surface area contributed by atoms with Crippen LogP contribution < -0.4 is 10.6 Å². The first kappa shape index (κ1) is 22.4. The van der Waals surface area contributed by atoms with Gasteiger partial charge in [-0.2, -0.15) is 4.31 Å². The summed E-state index contributed by atoms with van der Waals surface area (Å²) in [7, 11) is -3.49. The van der Waals surface area contributed by atoms with Gasteiger partial charge in [0.05, 0.1) is 11.4 Å². The number of hydrogen-bond acceptors (Lipinski definition) is 5. The van der Waals surface area contributed by atoms with Crippen LogP contribution in [0.5, 0.6) is 0 Å². The zero-order valence-corrected chi connectivity index (χ0v) is 18.3. The maximum atomic E-state index is 12.5. The second-order valence-electron chi connectivity index (χ2n) is 6.72. The van der Waals surface area contributed by atoms with Gasteiger partial charge in [0.25, 0.3) is 0 Å². The summed E-state index contributed by atoms with van der Waals surface area (Å²) in [6.45, 7) is 4.92. The lowest BCUT2D eigenvalue weighted by atomic mass is 10.2. The Morgan fingerprint density at radius 3 is 2.26 bits per heavy atom. The zero-order chi connectivity index (χ0) is 22.3. The second-order valence-corrected chi connectivity index (χ2v) is 8.66. The summed E-state index contributed by atoms with van der Waals surface area (Å²) in [6, 6.07) is 15.8. The van der Waals surface area contributed by atoms with Crippen LogP contribution in [0, 0.1) is 0 Å². The van der Waals surface area contributed by atoms with E-state index < -0.39 is 10.0 Å². The van der Waals surface area contributed by atoms with Crippen LogP contribution in [-0.2, 0) is 23.1 Å². The van der Waals surface area contributed by atoms with Crippen LogP contribution in [0.2, 0.25) is 0 Å². The van der Waals surface area contributed by atoms with Gasteiger partial charge in [0.2, 0.25) is 10.0 Å². The molecular weight excluding hydrogens is 416 g/mol. The van der Waals surface area contributed by atoms with E-state index in [9.17, 15) is 13.2 Å². The van der Waals surface area contributed by atoms with Gasteiger partial charge in [-0.05, 0) is 29.8 Å². The van der Waals surface area contributed by atoms with Gasteiger partial charge in [-0.25, -0.2) is 13.2 Å². The molecule has 0 aliphatic carbocycles. The fraction of sp³-hybridized carbons (Fsp3) is 0.286. The third-order valence-electron chi connectivity index (χ3n) is 4.78. The number of carbonyl (C=O) groups excluding carboxylic acids is 1. The number of urea groups is 1. The minimum atomic E-state index is -3.49. The van der Waals surface area contributed by atoms with Gasteiger partial charge in [-0.15, -0.1) is 10.2 Å². The van der Waals surface area contributed by atoms with Crippen molar-refractivity contribution in [2.24, 2.45) is 0 Å². The highest BCUT2D eigenvalue weighted by Crippen LogP contribution is 2.16. The van der Waals surface area contributed by atoms with Crippen LogP contribution in [0.4, 0.5) is 4.79 Å². The standard InChI is InChI=1S/C21H26N6O3S/c1-3-26(4-2)31(29,30)19-12-10-17(11-13-19)14-22-21(28)23-15-20-25-24-16-27(20)18-8-6-5-7-9-18/h5-13,16H,3-4,14-15H2,1-2H3,(H2,22,23,28). The Kier molecular flexibility index (Phi) is 7.37. The number of sulfonamides is 1. The van der Waals surface area contributed by atoms with E-state index in [0.717, 1.165) is 11.3 Å². The lowest BCUT2D eigenvalue weighted by Gasteiger charge is -2.18. The zero-order valence-electron chi connectivity index (χ0n) is 17.5. The van der Waals surface area contributed by atoms with Gasteiger partial charge >= 0.3 is 6.03 Å². The van der Waals surface area contributed by atoms with Crippen LogP contribution in [0.25, 0.3) is 5.69 Å². The Hall–Kier alpha value is -3.24. The Morgan fingerprint density at radius 2 is 1.61 bits per heavy atom. The van der Waals surface area contributed by atoms with Gasteiger partial charge in [-0.3, -0.25) is 4.57 Å². The van der Waals surface area contributed by atoms with Crippen LogP contribution >= 0.6 is 0 Å². The highest BCUT2D eigenvalue weighted by atomic mass is 32.2. The van der Waals surface area contributed by atoms with Gasteiger partial charge in [0.1, 0.15) is 6.33 Å². The van der Waals surface area contributed by atoms with Crippen LogP contribution in [0.3, 0.4) is 0 Å². The maximum absolute atomic E-state index is 12.5. The van der Waals surface area contributed by atoms with E-state index in [2.05, 4.69) is 20.8 Å². The first-order valence-electron chi connectivity index (χ1n) is 10.0. The first-order chi connectivity index (χ1) is 15.0. The SMILES string of the molecule is CCN(CC)S(=O)(=O)c1ccc(CNC(=O)NCc2nncn2-c2ccccc2)cc1. The van der Waals surface area contributed by atoms with Gasteiger partial charge in [0.15, 0.2) is 5.82 Å². The summed E-state index contributed by atoms with van der Waals surface area (Å²) in [5.41, 5.74) is 1.70. The lowest BCUT2D eigenvalue weighted by molar-refractivity contribution is 0.240. The first-order valence-corrected chi connectivity index (χ1v) is 11.4. The van der Waals surface area contributed by atoms with Crippen molar-refractivity contribution < 1.29 is 13.2 Å². The number of nitrogens with zero attached hydrogens (tertiary/aromatic N) is 4. The van der Waals surface area contributed by atoms with Crippen LogP contribution in [0.1, 0.15) is 25.2 Å². The normalized spacial score (nSPS) is 11.5. The van der Waals surface area contributed by atoms with E-state index in [1.807, 2.05) is 30.3 Å². The van der Waals surface area contributed by atoms with Gasteiger partial charge in [0, 0.05) is 25.3 Å². The smallest absolute Gasteiger partial charge is 0.315 e. The van der Waals surface area contributed by atoms with Crippen molar-refractivity contribution in [3.8, 4) is 5.69 Å². The van der Waals surface area contributed by atoms with Crippen LogP contribution in [-0.4, -0.2) is 46.6 Å². The molecule has 0 aliphatic rings. The molecule has 0 saturated heterocycles. The highest BCUT2D eigenvalue weighted by molar-refractivity contribution is 7.89. The van der Waals surface area contributed by atoms with Crippen molar-refractivity contribution in [1.29, 1.82) is 0 Å². The molecule has 1 heterocycles. The molecule has 0 saturated carbocycles. The number of hydrogen-bond donors (Lipinski definition) is 2. The van der Waals surface area contributed by atoms with E-state index in [0.29, 0.717) is 18.9 Å². The van der Waals surface area contributed by atoms with Crippen molar-refractivity contribution in [2.45, 2.75) is 31.8 Å². The molecule has 0 radical (unpaired) electrons. The van der Waals surface area contributed by atoms with Crippen molar-refractivity contribution in [3.63, 3.8) is 0 Å². The number of carbonyl (C=O) groups is 1. The third-order valence-corrected chi connectivity index (χ3v) is 6.84. The number of rotatable bonds is 9. The fourth-order valence-corrected chi connectivity index (χ4v) is 4.54. The molecule has 3 aromatic rings. The molecule has 3 rings (SSSR count). The molecule has 2 N–H and O–H groups in total. The number of aromatic nitrogens is 3. The molecule has 0 aliphatic heterocycles. The number of benzene rings is 2. The predicted octanol–water partition coefficient (Wildman–Crippen LogP) is 2.30. The van der Waals surface area contributed by atoms with E-state index >= 15 is 0 Å². The van der Waals surface area contributed by atoms with Crippen molar-refractivity contribution in [1.82, 2.24) is 29.7 Å².